The van der Waals surface area contributed by atoms with E-state index in [0.717, 1.165) is 23.3 Å². The van der Waals surface area contributed by atoms with E-state index in [0.29, 0.717) is 6.54 Å². The van der Waals surface area contributed by atoms with Gasteiger partial charge in [0.2, 0.25) is 5.91 Å². The number of rotatable bonds is 5. The van der Waals surface area contributed by atoms with Gasteiger partial charge in [0, 0.05) is 7.05 Å². The summed E-state index contributed by atoms with van der Waals surface area (Å²) in [7, 11) is 1.97. The van der Waals surface area contributed by atoms with Gasteiger partial charge in [-0.3, -0.25) is 4.79 Å². The Balaban J connectivity index is 2.12. The van der Waals surface area contributed by atoms with Gasteiger partial charge < -0.3 is 15.6 Å². The van der Waals surface area contributed by atoms with Crippen molar-refractivity contribution >= 4 is 16.9 Å². The van der Waals surface area contributed by atoms with Crippen LogP contribution in [0.25, 0.3) is 11.0 Å². The van der Waals surface area contributed by atoms with Crippen LogP contribution in [0.2, 0.25) is 0 Å². The van der Waals surface area contributed by atoms with Gasteiger partial charge in [0.15, 0.2) is 0 Å². The molecule has 0 saturated heterocycles. The first-order valence-electron chi connectivity index (χ1n) is 7.39. The fraction of sp³-hybridized carbons (Fsp3) is 0.500. The minimum Gasteiger partial charge on any atom is -0.348 e. The zero-order chi connectivity index (χ0) is 15.6. The Kier molecular flexibility index (Phi) is 4.63. The number of para-hydroxylation sites is 1. The number of amides is 1. The second kappa shape index (κ2) is 6.26. The van der Waals surface area contributed by atoms with Crippen molar-refractivity contribution in [3.8, 4) is 0 Å². The molecular weight excluding hydrogens is 264 g/mol. The minimum atomic E-state index is -0.466. The maximum absolute atomic E-state index is 12.0. The van der Waals surface area contributed by atoms with Gasteiger partial charge in [0.25, 0.3) is 0 Å². The number of aromatic nitrogens is 2. The lowest BCUT2D eigenvalue weighted by Crippen LogP contribution is -2.44. The lowest BCUT2D eigenvalue weighted by molar-refractivity contribution is -0.123. The van der Waals surface area contributed by atoms with Crippen molar-refractivity contribution in [1.29, 1.82) is 0 Å². The molecular formula is C16H24N4O. The number of carbonyl (C=O) groups is 1. The summed E-state index contributed by atoms with van der Waals surface area (Å²) in [5, 5.41) is 2.89. The monoisotopic (exact) mass is 288 g/mol. The van der Waals surface area contributed by atoms with E-state index in [4.69, 9.17) is 5.73 Å². The average molecular weight is 288 g/mol. The molecule has 3 N–H and O–H groups in total. The van der Waals surface area contributed by atoms with Crippen LogP contribution in [-0.2, 0) is 18.4 Å². The number of aryl methyl sites for hydroxylation is 2. The van der Waals surface area contributed by atoms with Crippen LogP contribution in [0.1, 0.15) is 31.7 Å². The van der Waals surface area contributed by atoms with Gasteiger partial charge in [-0.2, -0.15) is 0 Å². The highest BCUT2D eigenvalue weighted by atomic mass is 16.2. The molecule has 114 valence electrons. The maximum atomic E-state index is 12.0. The van der Waals surface area contributed by atoms with E-state index in [1.165, 1.54) is 5.56 Å². The highest BCUT2D eigenvalue weighted by molar-refractivity contribution is 5.82. The number of nitrogens with zero attached hydrogens (tertiary/aromatic N) is 2. The molecule has 0 aliphatic heterocycles. The van der Waals surface area contributed by atoms with Crippen molar-refractivity contribution in [2.24, 2.45) is 18.7 Å². The predicted octanol–water partition coefficient (Wildman–Crippen LogP) is 1.87. The van der Waals surface area contributed by atoms with Crippen LogP contribution in [-0.4, -0.2) is 21.5 Å². The second-order valence-corrected chi connectivity index (χ2v) is 5.66. The summed E-state index contributed by atoms with van der Waals surface area (Å²) in [6, 6.07) is 5.57. The summed E-state index contributed by atoms with van der Waals surface area (Å²) < 4.78 is 2.03. The molecule has 0 bridgehead atoms. The standard InChI is InChI=1S/C16H24N4O/c1-5-10(2)14(17)16(21)18-9-13-19-12-8-6-7-11(3)15(12)20(13)4/h6-8,10,14H,5,9,17H2,1-4H3,(H,18,21). The fourth-order valence-electron chi connectivity index (χ4n) is 2.47. The quantitative estimate of drug-likeness (QED) is 0.882. The predicted molar refractivity (Wildman–Crippen MR) is 84.7 cm³/mol. The molecule has 1 aromatic heterocycles. The summed E-state index contributed by atoms with van der Waals surface area (Å²) in [6.07, 6.45) is 0.889. The number of imidazole rings is 1. The van der Waals surface area contributed by atoms with Gasteiger partial charge in [-0.05, 0) is 24.5 Å². The van der Waals surface area contributed by atoms with Crippen LogP contribution in [0.4, 0.5) is 0 Å². The van der Waals surface area contributed by atoms with Gasteiger partial charge in [-0.1, -0.05) is 32.4 Å². The zero-order valence-electron chi connectivity index (χ0n) is 13.2. The molecule has 0 saturated carbocycles. The van der Waals surface area contributed by atoms with Gasteiger partial charge >= 0.3 is 0 Å². The Hall–Kier alpha value is -1.88. The van der Waals surface area contributed by atoms with Crippen molar-refractivity contribution < 1.29 is 4.79 Å². The maximum Gasteiger partial charge on any atom is 0.237 e. The molecule has 0 fully saturated rings. The largest absolute Gasteiger partial charge is 0.348 e. The highest BCUT2D eigenvalue weighted by Gasteiger charge is 2.19. The van der Waals surface area contributed by atoms with Crippen LogP contribution in [0.3, 0.4) is 0 Å². The van der Waals surface area contributed by atoms with Crippen molar-refractivity contribution in [3.63, 3.8) is 0 Å². The van der Waals surface area contributed by atoms with E-state index < -0.39 is 6.04 Å². The summed E-state index contributed by atoms with van der Waals surface area (Å²) in [6.45, 7) is 6.48. The van der Waals surface area contributed by atoms with Crippen molar-refractivity contribution in [2.45, 2.75) is 39.8 Å². The smallest absolute Gasteiger partial charge is 0.237 e. The molecule has 1 heterocycles. The van der Waals surface area contributed by atoms with Crippen molar-refractivity contribution in [1.82, 2.24) is 14.9 Å². The zero-order valence-corrected chi connectivity index (χ0v) is 13.2. The molecule has 2 unspecified atom stereocenters. The number of nitrogens with two attached hydrogens (primary N) is 1. The van der Waals surface area contributed by atoms with E-state index in [1.807, 2.05) is 37.6 Å². The molecule has 0 radical (unpaired) electrons. The molecule has 0 aliphatic carbocycles. The summed E-state index contributed by atoms with van der Waals surface area (Å²) in [5.74, 6) is 0.893. The molecule has 0 spiro atoms. The highest BCUT2D eigenvalue weighted by Crippen LogP contribution is 2.18. The molecule has 0 aliphatic rings. The molecule has 2 atom stereocenters. The number of nitrogens with one attached hydrogen (secondary N) is 1. The lowest BCUT2D eigenvalue weighted by Gasteiger charge is -2.17. The molecule has 5 heteroatoms. The number of carbonyl (C=O) groups excluding carboxylic acids is 1. The number of hydrogen-bond acceptors (Lipinski definition) is 3. The van der Waals surface area contributed by atoms with E-state index in [9.17, 15) is 4.79 Å². The van der Waals surface area contributed by atoms with Crippen LogP contribution in [0.15, 0.2) is 18.2 Å². The Morgan fingerprint density at radius 3 is 2.81 bits per heavy atom. The van der Waals surface area contributed by atoms with E-state index in [1.54, 1.807) is 0 Å². The van der Waals surface area contributed by atoms with Crippen molar-refractivity contribution in [2.75, 3.05) is 0 Å². The van der Waals surface area contributed by atoms with Gasteiger partial charge in [0.05, 0.1) is 23.6 Å². The topological polar surface area (TPSA) is 72.9 Å². The SMILES string of the molecule is CCC(C)C(N)C(=O)NCc1nc2cccc(C)c2n1C. The Bertz CT molecular complexity index is 647. The first kappa shape index (κ1) is 15.5. The number of fused-ring (bicyclic) bond motifs is 1. The minimum absolute atomic E-state index is 0.117. The van der Waals surface area contributed by atoms with Crippen LogP contribution >= 0.6 is 0 Å². The van der Waals surface area contributed by atoms with Crippen LogP contribution in [0, 0.1) is 12.8 Å². The Morgan fingerprint density at radius 1 is 1.48 bits per heavy atom. The third-order valence-electron chi connectivity index (χ3n) is 4.17. The normalized spacial score (nSPS) is 14.1. The fourth-order valence-corrected chi connectivity index (χ4v) is 2.47. The van der Waals surface area contributed by atoms with Crippen molar-refractivity contribution in [3.05, 3.63) is 29.6 Å². The third kappa shape index (κ3) is 3.08. The molecule has 21 heavy (non-hydrogen) atoms. The lowest BCUT2D eigenvalue weighted by atomic mass is 9.99. The second-order valence-electron chi connectivity index (χ2n) is 5.66. The first-order chi connectivity index (χ1) is 9.95. The Labute approximate surface area is 125 Å². The van der Waals surface area contributed by atoms with Gasteiger partial charge in [0.1, 0.15) is 5.82 Å². The molecule has 2 aromatic rings. The number of hydrogen-bond donors (Lipinski definition) is 2. The molecule has 2 rings (SSSR count). The molecule has 1 aromatic carbocycles. The third-order valence-corrected chi connectivity index (χ3v) is 4.17. The number of benzene rings is 1. The summed E-state index contributed by atoms with van der Waals surface area (Å²) in [4.78, 5) is 16.6. The van der Waals surface area contributed by atoms with Gasteiger partial charge in [-0.25, -0.2) is 4.98 Å². The first-order valence-corrected chi connectivity index (χ1v) is 7.39. The molecule has 1 amide bonds. The van der Waals surface area contributed by atoms with Gasteiger partial charge in [-0.15, -0.1) is 0 Å². The summed E-state index contributed by atoms with van der Waals surface area (Å²) >= 11 is 0. The summed E-state index contributed by atoms with van der Waals surface area (Å²) in [5.41, 5.74) is 9.17. The van der Waals surface area contributed by atoms with Crippen LogP contribution in [0.5, 0.6) is 0 Å². The molecule has 5 nitrogen and oxygen atoms in total. The Morgan fingerprint density at radius 2 is 2.19 bits per heavy atom. The van der Waals surface area contributed by atoms with E-state index in [2.05, 4.69) is 23.3 Å². The van der Waals surface area contributed by atoms with E-state index >= 15 is 0 Å². The van der Waals surface area contributed by atoms with E-state index in [-0.39, 0.29) is 11.8 Å². The average Bonchev–Trinajstić information content (AvgIpc) is 2.80. The van der Waals surface area contributed by atoms with Crippen LogP contribution < -0.4 is 11.1 Å².